The molecule has 0 atom stereocenters. The molecule has 0 saturated heterocycles. The van der Waals surface area contributed by atoms with Crippen molar-refractivity contribution < 1.29 is 9.90 Å². The number of carbonyl (C=O) groups is 1. The maximum absolute atomic E-state index is 12.2. The average Bonchev–Trinajstić information content (AvgIpc) is 3.14. The number of carboxylic acid groups (broad SMARTS) is 1. The number of hydrogen-bond donors (Lipinski definition) is 2. The Bertz CT molecular complexity index is 1040. The number of thiophene rings is 1. The maximum Gasteiger partial charge on any atom is 0.307 e. The molecule has 0 aliphatic heterocycles. The van der Waals surface area contributed by atoms with Crippen LogP contribution in [-0.4, -0.2) is 21.0 Å². The monoisotopic (exact) mass is 383 g/mol. The largest absolute Gasteiger partial charge is 0.481 e. The zero-order chi connectivity index (χ0) is 18.5. The Kier molecular flexibility index (Phi) is 5.51. The fourth-order valence-electron chi connectivity index (χ4n) is 2.36. The van der Waals surface area contributed by atoms with Crippen molar-refractivity contribution in [1.82, 2.24) is 9.97 Å². The molecule has 2 heterocycles. The summed E-state index contributed by atoms with van der Waals surface area (Å²) >= 11 is 2.76. The van der Waals surface area contributed by atoms with E-state index in [1.54, 1.807) is 6.07 Å². The Hall–Kier alpha value is -2.89. The lowest BCUT2D eigenvalue weighted by atomic mass is 10.1. The van der Waals surface area contributed by atoms with Gasteiger partial charge < -0.3 is 10.1 Å². The van der Waals surface area contributed by atoms with Crippen LogP contribution in [0.3, 0.4) is 0 Å². The summed E-state index contributed by atoms with van der Waals surface area (Å²) in [6.07, 6.45) is -0.0319. The van der Waals surface area contributed by atoms with Gasteiger partial charge in [0, 0.05) is 10.6 Å². The highest BCUT2D eigenvalue weighted by Gasteiger charge is 2.15. The van der Waals surface area contributed by atoms with Crippen LogP contribution in [0, 0.1) is 6.57 Å². The van der Waals surface area contributed by atoms with E-state index in [4.69, 9.17) is 11.7 Å². The molecule has 3 rings (SSSR count). The SMILES string of the molecule is [C-]#[N+]c1c(-c2cccs2)nc(SCc2cccc(CC(=O)O)c2)[nH]c1=O. The predicted molar refractivity (Wildman–Crippen MR) is 102 cm³/mol. The smallest absolute Gasteiger partial charge is 0.307 e. The quantitative estimate of drug-likeness (QED) is 0.382. The van der Waals surface area contributed by atoms with Crippen LogP contribution in [0.25, 0.3) is 15.4 Å². The molecule has 26 heavy (non-hydrogen) atoms. The summed E-state index contributed by atoms with van der Waals surface area (Å²) in [5.41, 5.74) is 1.57. The number of H-pyrrole nitrogens is 1. The summed E-state index contributed by atoms with van der Waals surface area (Å²) in [6.45, 7) is 7.23. The molecule has 2 N–H and O–H groups in total. The first-order valence-corrected chi connectivity index (χ1v) is 9.41. The number of hydrogen-bond acceptors (Lipinski definition) is 5. The molecule has 1 aromatic carbocycles. The van der Waals surface area contributed by atoms with Gasteiger partial charge in [0.15, 0.2) is 5.16 Å². The Balaban J connectivity index is 1.84. The number of thioether (sulfide) groups is 1. The zero-order valence-electron chi connectivity index (χ0n) is 13.4. The molecular formula is C18H13N3O3S2. The molecule has 0 spiro atoms. The number of carboxylic acids is 1. The molecule has 130 valence electrons. The van der Waals surface area contributed by atoms with Crippen molar-refractivity contribution in [2.75, 3.05) is 0 Å². The van der Waals surface area contributed by atoms with Crippen molar-refractivity contribution in [2.24, 2.45) is 0 Å². The first kappa shape index (κ1) is 17.9. The number of nitrogens with zero attached hydrogens (tertiary/aromatic N) is 2. The third-order valence-electron chi connectivity index (χ3n) is 3.46. The molecule has 0 unspecified atom stereocenters. The standard InChI is InChI=1S/C18H13N3O3S2/c1-19-16-15(13-6-3-7-25-13)20-18(21-17(16)24)26-10-12-5-2-4-11(8-12)9-14(22)23/h2-8H,9-10H2,(H,22,23)(H,20,21,24). The van der Waals surface area contributed by atoms with Crippen LogP contribution in [0.5, 0.6) is 0 Å². The Morgan fingerprint density at radius 3 is 2.81 bits per heavy atom. The molecule has 6 nitrogen and oxygen atoms in total. The van der Waals surface area contributed by atoms with Crippen LogP contribution >= 0.6 is 23.1 Å². The molecule has 0 saturated carbocycles. The summed E-state index contributed by atoms with van der Waals surface area (Å²) in [6, 6.07) is 11.0. The summed E-state index contributed by atoms with van der Waals surface area (Å²) in [7, 11) is 0. The Labute approximate surface area is 157 Å². The van der Waals surface area contributed by atoms with E-state index in [-0.39, 0.29) is 12.1 Å². The number of aromatic amines is 1. The van der Waals surface area contributed by atoms with E-state index in [9.17, 15) is 9.59 Å². The third-order valence-corrected chi connectivity index (χ3v) is 5.28. The van der Waals surface area contributed by atoms with Crippen molar-refractivity contribution >= 4 is 34.8 Å². The van der Waals surface area contributed by atoms with Crippen LogP contribution in [0.15, 0.2) is 51.7 Å². The molecule has 0 amide bonds. The second kappa shape index (κ2) is 7.99. The fraction of sp³-hybridized carbons (Fsp3) is 0.111. The van der Waals surface area contributed by atoms with E-state index in [0.717, 1.165) is 16.0 Å². The van der Waals surface area contributed by atoms with E-state index < -0.39 is 11.5 Å². The van der Waals surface area contributed by atoms with Crippen LogP contribution in [-0.2, 0) is 17.0 Å². The minimum atomic E-state index is -0.879. The number of aliphatic carboxylic acids is 1. The molecule has 3 aromatic rings. The van der Waals surface area contributed by atoms with Crippen LogP contribution < -0.4 is 5.56 Å². The Morgan fingerprint density at radius 1 is 1.31 bits per heavy atom. The average molecular weight is 383 g/mol. The normalized spacial score (nSPS) is 10.4. The van der Waals surface area contributed by atoms with Gasteiger partial charge >= 0.3 is 5.97 Å². The van der Waals surface area contributed by atoms with E-state index in [0.29, 0.717) is 16.6 Å². The first-order chi connectivity index (χ1) is 12.6. The first-order valence-electron chi connectivity index (χ1n) is 7.55. The minimum Gasteiger partial charge on any atom is -0.481 e. The third kappa shape index (κ3) is 4.20. The molecule has 0 radical (unpaired) electrons. The summed E-state index contributed by atoms with van der Waals surface area (Å²) in [5, 5.41) is 11.2. The lowest BCUT2D eigenvalue weighted by Gasteiger charge is -2.06. The highest BCUT2D eigenvalue weighted by atomic mass is 32.2. The summed E-state index contributed by atoms with van der Waals surface area (Å²) in [5.74, 6) is -0.353. The van der Waals surface area contributed by atoms with Crippen molar-refractivity contribution in [1.29, 1.82) is 0 Å². The minimum absolute atomic E-state index is 0.0137. The molecule has 8 heteroatoms. The number of rotatable bonds is 6. The second-order valence-electron chi connectivity index (χ2n) is 5.34. The topological polar surface area (TPSA) is 87.4 Å². The van der Waals surface area contributed by atoms with Crippen molar-refractivity contribution in [3.05, 3.63) is 74.7 Å². The molecule has 0 aliphatic rings. The van der Waals surface area contributed by atoms with Gasteiger partial charge in [-0.05, 0) is 22.6 Å². The molecule has 0 fully saturated rings. The van der Waals surface area contributed by atoms with Gasteiger partial charge in [-0.1, -0.05) is 42.1 Å². The highest BCUT2D eigenvalue weighted by molar-refractivity contribution is 7.98. The van der Waals surface area contributed by atoms with E-state index in [1.807, 2.05) is 35.7 Å². The van der Waals surface area contributed by atoms with Crippen molar-refractivity contribution in [3.8, 4) is 10.6 Å². The van der Waals surface area contributed by atoms with Gasteiger partial charge in [-0.2, -0.15) is 0 Å². The van der Waals surface area contributed by atoms with Crippen LogP contribution in [0.4, 0.5) is 5.69 Å². The van der Waals surface area contributed by atoms with Crippen LogP contribution in [0.1, 0.15) is 11.1 Å². The van der Waals surface area contributed by atoms with Crippen molar-refractivity contribution in [2.45, 2.75) is 17.3 Å². The van der Waals surface area contributed by atoms with Gasteiger partial charge in [0.1, 0.15) is 0 Å². The van der Waals surface area contributed by atoms with Gasteiger partial charge in [-0.3, -0.25) is 9.59 Å². The van der Waals surface area contributed by atoms with E-state index in [1.165, 1.54) is 23.1 Å². The highest BCUT2D eigenvalue weighted by Crippen LogP contribution is 2.31. The lowest BCUT2D eigenvalue weighted by Crippen LogP contribution is -2.09. The van der Waals surface area contributed by atoms with Gasteiger partial charge in [-0.25, -0.2) is 9.83 Å². The number of nitrogens with one attached hydrogen (secondary N) is 1. The van der Waals surface area contributed by atoms with E-state index >= 15 is 0 Å². The van der Waals surface area contributed by atoms with Gasteiger partial charge in [-0.15, -0.1) is 11.3 Å². The zero-order valence-corrected chi connectivity index (χ0v) is 15.1. The van der Waals surface area contributed by atoms with Crippen molar-refractivity contribution in [3.63, 3.8) is 0 Å². The summed E-state index contributed by atoms with van der Waals surface area (Å²) < 4.78 is 0. The number of benzene rings is 1. The summed E-state index contributed by atoms with van der Waals surface area (Å²) in [4.78, 5) is 34.2. The maximum atomic E-state index is 12.2. The van der Waals surface area contributed by atoms with Gasteiger partial charge in [0.2, 0.25) is 0 Å². The second-order valence-corrected chi connectivity index (χ2v) is 7.25. The molecule has 0 aliphatic carbocycles. The molecule has 2 aromatic heterocycles. The molecular weight excluding hydrogens is 370 g/mol. The van der Waals surface area contributed by atoms with Gasteiger partial charge in [0.25, 0.3) is 11.2 Å². The Morgan fingerprint density at radius 2 is 2.12 bits per heavy atom. The predicted octanol–water partition coefficient (Wildman–Crippen LogP) is 3.97. The van der Waals surface area contributed by atoms with E-state index in [2.05, 4.69) is 14.8 Å². The lowest BCUT2D eigenvalue weighted by molar-refractivity contribution is -0.136. The van der Waals surface area contributed by atoms with Gasteiger partial charge in [0.05, 0.1) is 18.7 Å². The molecule has 0 bridgehead atoms. The fourth-order valence-corrected chi connectivity index (χ4v) is 3.88. The number of aromatic nitrogens is 2. The van der Waals surface area contributed by atoms with Crippen LogP contribution in [0.2, 0.25) is 0 Å².